The number of nitrogens with zero attached hydrogens (tertiary/aromatic N) is 1. The number of hydrogen-bond acceptors (Lipinski definition) is 5. The molecule has 1 aliphatic heterocycles. The fourth-order valence-electron chi connectivity index (χ4n) is 4.42. The van der Waals surface area contributed by atoms with Gasteiger partial charge in [0.05, 0.1) is 0 Å². The Bertz CT molecular complexity index is 1080. The van der Waals surface area contributed by atoms with Gasteiger partial charge < -0.3 is 5.11 Å². The molecule has 1 aliphatic carbocycles. The molecule has 170 valence electrons. The minimum atomic E-state index is -1.96. The molecule has 1 fully saturated rings. The van der Waals surface area contributed by atoms with E-state index in [2.05, 4.69) is 15.6 Å². The number of aromatic hydroxyl groups is 1. The van der Waals surface area contributed by atoms with Gasteiger partial charge in [-0.15, -0.1) is 0 Å². The third kappa shape index (κ3) is 4.20. The summed E-state index contributed by atoms with van der Waals surface area (Å²) in [6.45, 7) is 1.71. The van der Waals surface area contributed by atoms with E-state index in [1.807, 2.05) is 13.0 Å². The average Bonchev–Trinajstić information content (AvgIpc) is 3.11. The first-order valence-corrected chi connectivity index (χ1v) is 11.6. The minimum absolute atomic E-state index is 0.249. The van der Waals surface area contributed by atoms with Crippen LogP contribution in [0, 0.1) is 5.82 Å². The van der Waals surface area contributed by atoms with Crippen molar-refractivity contribution < 1.29 is 23.3 Å². The van der Waals surface area contributed by atoms with Crippen LogP contribution in [0.25, 0.3) is 0 Å². The second kappa shape index (κ2) is 8.87. The Kier molecular flexibility index (Phi) is 6.16. The summed E-state index contributed by atoms with van der Waals surface area (Å²) >= 11 is -1.96. The van der Waals surface area contributed by atoms with Crippen LogP contribution in [-0.2, 0) is 28.8 Å². The summed E-state index contributed by atoms with van der Waals surface area (Å²) in [6, 6.07) is 10.3. The molecule has 4 N–H and O–H groups in total. The maximum atomic E-state index is 15.6. The lowest BCUT2D eigenvalue weighted by molar-refractivity contribution is -0.117. The lowest BCUT2D eigenvalue weighted by atomic mass is 9.75. The van der Waals surface area contributed by atoms with E-state index in [0.717, 1.165) is 10.7 Å². The van der Waals surface area contributed by atoms with Gasteiger partial charge in [0.25, 0.3) is 11.8 Å². The highest BCUT2D eigenvalue weighted by Crippen LogP contribution is 2.41. The van der Waals surface area contributed by atoms with Crippen molar-refractivity contribution in [3.63, 3.8) is 0 Å². The van der Waals surface area contributed by atoms with Crippen LogP contribution in [-0.4, -0.2) is 33.2 Å². The predicted octanol–water partition coefficient (Wildman–Crippen LogP) is 2.01. The van der Waals surface area contributed by atoms with E-state index in [1.165, 1.54) is 6.07 Å². The highest BCUT2D eigenvalue weighted by Gasteiger charge is 2.39. The number of phenolic OH excluding ortho intramolecular Hbond substituents is 1. The number of anilines is 1. The lowest BCUT2D eigenvalue weighted by Gasteiger charge is -2.39. The number of amides is 2. The number of phenols is 1. The number of aryl methyl sites for hydroxylation is 1. The van der Waals surface area contributed by atoms with Crippen molar-refractivity contribution in [1.82, 2.24) is 15.6 Å². The molecule has 2 amide bonds. The first-order valence-electron chi connectivity index (χ1n) is 10.5. The summed E-state index contributed by atoms with van der Waals surface area (Å²) in [5.74, 6) is -1.83. The van der Waals surface area contributed by atoms with Crippen molar-refractivity contribution in [3.05, 3.63) is 58.9 Å². The molecule has 0 bridgehead atoms. The number of hydrogen-bond donors (Lipinski definition) is 4. The van der Waals surface area contributed by atoms with Gasteiger partial charge in [-0.05, 0) is 55.0 Å². The molecule has 0 spiro atoms. The Morgan fingerprint density at radius 2 is 2.09 bits per heavy atom. The highest BCUT2D eigenvalue weighted by molar-refractivity contribution is 7.85. The van der Waals surface area contributed by atoms with Crippen LogP contribution in [0.4, 0.5) is 10.1 Å². The molecule has 2 aromatic carbocycles. The molecule has 1 saturated heterocycles. The Morgan fingerprint density at radius 1 is 1.34 bits per heavy atom. The number of carbonyl (C=O) groups is 2. The van der Waals surface area contributed by atoms with E-state index >= 15 is 4.39 Å². The van der Waals surface area contributed by atoms with Crippen LogP contribution in [0.2, 0.25) is 0 Å². The largest absolute Gasteiger partial charge is 0.506 e. The second-order valence-electron chi connectivity index (χ2n) is 8.16. The van der Waals surface area contributed by atoms with Crippen molar-refractivity contribution in [3.8, 4) is 5.75 Å². The number of nitrogens with one attached hydrogen (secondary N) is 3. The van der Waals surface area contributed by atoms with Crippen LogP contribution in [0.3, 0.4) is 0 Å². The van der Waals surface area contributed by atoms with Gasteiger partial charge in [0.1, 0.15) is 18.0 Å². The SMILES string of the molecule is CCCC1(NNC(=O)c2ccccc2)CCc2cc(O)c(N3CC(=O)NS3=O)c(F)c2C1. The first-order chi connectivity index (χ1) is 15.3. The molecule has 1 heterocycles. The van der Waals surface area contributed by atoms with Crippen LogP contribution >= 0.6 is 0 Å². The summed E-state index contributed by atoms with van der Waals surface area (Å²) < 4.78 is 31.0. The van der Waals surface area contributed by atoms with Gasteiger partial charge >= 0.3 is 0 Å². The topological polar surface area (TPSA) is 111 Å². The third-order valence-corrected chi connectivity index (χ3v) is 7.06. The number of fused-ring (bicyclic) bond motifs is 1. The molecular formula is C22H25FN4O4S. The van der Waals surface area contributed by atoms with Gasteiger partial charge in [-0.2, -0.15) is 0 Å². The van der Waals surface area contributed by atoms with Gasteiger partial charge in [0.15, 0.2) is 5.82 Å². The molecule has 4 rings (SSSR count). The zero-order valence-corrected chi connectivity index (χ0v) is 18.4. The smallest absolute Gasteiger partial charge is 0.265 e. The molecule has 2 atom stereocenters. The number of hydrazine groups is 1. The molecule has 0 saturated carbocycles. The van der Waals surface area contributed by atoms with E-state index in [9.17, 15) is 18.9 Å². The van der Waals surface area contributed by atoms with E-state index in [1.54, 1.807) is 24.3 Å². The van der Waals surface area contributed by atoms with Crippen LogP contribution < -0.4 is 19.9 Å². The molecule has 10 heteroatoms. The lowest BCUT2D eigenvalue weighted by Crippen LogP contribution is -2.57. The number of carbonyl (C=O) groups excluding carboxylic acids is 2. The second-order valence-corrected chi connectivity index (χ2v) is 9.30. The Balaban J connectivity index is 1.62. The van der Waals surface area contributed by atoms with Gasteiger partial charge in [-0.25, -0.2) is 14.0 Å². The summed E-state index contributed by atoms with van der Waals surface area (Å²) in [5, 5.41) is 10.4. The van der Waals surface area contributed by atoms with Gasteiger partial charge in [-0.3, -0.25) is 24.0 Å². The zero-order valence-electron chi connectivity index (χ0n) is 17.6. The van der Waals surface area contributed by atoms with Crippen LogP contribution in [0.5, 0.6) is 5.75 Å². The molecule has 0 radical (unpaired) electrons. The fourth-order valence-corrected chi connectivity index (χ4v) is 5.36. The van der Waals surface area contributed by atoms with Crippen molar-refractivity contribution >= 4 is 28.7 Å². The normalized spacial score (nSPS) is 22.4. The molecule has 0 aromatic heterocycles. The molecule has 2 aromatic rings. The third-order valence-electron chi connectivity index (χ3n) is 5.95. The quantitative estimate of drug-likeness (QED) is 0.493. The van der Waals surface area contributed by atoms with E-state index in [-0.39, 0.29) is 30.3 Å². The standard InChI is InChI=1S/C22H25FN4O4S/c1-2-9-22(26-24-21(30)14-6-4-3-5-7-14)10-8-15-11-17(28)20(19(23)16(15)12-22)27-13-18(29)25-32(27)31/h3-7,11,26,28H,2,8-10,12-13H2,1H3,(H,24,30)(H,25,29). The number of rotatable bonds is 6. The summed E-state index contributed by atoms with van der Waals surface area (Å²) in [6.07, 6.45) is 2.90. The first kappa shape index (κ1) is 22.2. The monoisotopic (exact) mass is 460 g/mol. The van der Waals surface area contributed by atoms with Crippen LogP contribution in [0.1, 0.15) is 47.7 Å². The molecule has 2 unspecified atom stereocenters. The van der Waals surface area contributed by atoms with Crippen molar-refractivity contribution in [2.24, 2.45) is 0 Å². The maximum absolute atomic E-state index is 15.6. The number of benzene rings is 2. The van der Waals surface area contributed by atoms with E-state index in [4.69, 9.17) is 0 Å². The Hall–Kier alpha value is -2.98. The van der Waals surface area contributed by atoms with Crippen LogP contribution in [0.15, 0.2) is 36.4 Å². The van der Waals surface area contributed by atoms with E-state index < -0.39 is 28.4 Å². The zero-order chi connectivity index (χ0) is 22.9. The highest BCUT2D eigenvalue weighted by atomic mass is 32.2. The number of halogens is 1. The molecular weight excluding hydrogens is 435 g/mol. The minimum Gasteiger partial charge on any atom is -0.506 e. The predicted molar refractivity (Wildman–Crippen MR) is 118 cm³/mol. The summed E-state index contributed by atoms with van der Waals surface area (Å²) in [5.41, 5.74) is 6.64. The summed E-state index contributed by atoms with van der Waals surface area (Å²) in [7, 11) is 0. The maximum Gasteiger partial charge on any atom is 0.265 e. The molecule has 2 aliphatic rings. The van der Waals surface area contributed by atoms with Gasteiger partial charge in [0, 0.05) is 11.1 Å². The summed E-state index contributed by atoms with van der Waals surface area (Å²) in [4.78, 5) is 24.1. The van der Waals surface area contributed by atoms with Crippen molar-refractivity contribution in [1.29, 1.82) is 0 Å². The Labute approximate surface area is 187 Å². The van der Waals surface area contributed by atoms with E-state index in [0.29, 0.717) is 36.0 Å². The van der Waals surface area contributed by atoms with Crippen molar-refractivity contribution in [2.75, 3.05) is 10.8 Å². The average molecular weight is 461 g/mol. The van der Waals surface area contributed by atoms with Gasteiger partial charge in [-0.1, -0.05) is 31.5 Å². The van der Waals surface area contributed by atoms with Crippen molar-refractivity contribution in [2.45, 2.75) is 44.6 Å². The van der Waals surface area contributed by atoms with Gasteiger partial charge in [0.2, 0.25) is 11.2 Å². The molecule has 8 nitrogen and oxygen atoms in total. The Morgan fingerprint density at radius 3 is 2.75 bits per heavy atom. The fraction of sp³-hybridized carbons (Fsp3) is 0.364. The molecule has 32 heavy (non-hydrogen) atoms.